The summed E-state index contributed by atoms with van der Waals surface area (Å²) in [4.78, 5) is 25.0. The normalized spacial score (nSPS) is 23.0. The van der Waals surface area contributed by atoms with E-state index in [-0.39, 0.29) is 17.1 Å². The zero-order valence-electron chi connectivity index (χ0n) is 12.6. The maximum atomic E-state index is 13.0. The minimum atomic E-state index is -0.741. The molecule has 1 aromatic heterocycles. The van der Waals surface area contributed by atoms with Gasteiger partial charge in [-0.3, -0.25) is 4.79 Å². The van der Waals surface area contributed by atoms with E-state index < -0.39 is 11.5 Å². The summed E-state index contributed by atoms with van der Waals surface area (Å²) in [5.74, 6) is -0.740. The molecule has 2 aliphatic carbocycles. The number of aromatic nitrogens is 1. The Balaban J connectivity index is 1.94. The van der Waals surface area contributed by atoms with Crippen molar-refractivity contribution in [1.29, 1.82) is 0 Å². The van der Waals surface area contributed by atoms with Crippen molar-refractivity contribution in [2.45, 2.75) is 50.0 Å². The average Bonchev–Trinajstić information content (AvgIpc) is 3.08. The number of Topliss-reactive ketones (excluding diaryl/α,β-unsaturated/α-hetero) is 1. The molecule has 1 spiro atoms. The van der Waals surface area contributed by atoms with Crippen LogP contribution in [0, 0.1) is 0 Å². The van der Waals surface area contributed by atoms with Crippen LogP contribution in [0.15, 0.2) is 17.8 Å². The summed E-state index contributed by atoms with van der Waals surface area (Å²) in [6.45, 7) is 0. The van der Waals surface area contributed by atoms with Crippen molar-refractivity contribution in [2.24, 2.45) is 0 Å². The number of aliphatic hydroxyl groups is 1. The molecular formula is C17H19NO4. The Bertz CT molecular complexity index is 702. The third-order valence-electron chi connectivity index (χ3n) is 5.30. The number of aliphatic hydroxyl groups excluding tert-OH is 1. The van der Waals surface area contributed by atoms with Gasteiger partial charge < -0.3 is 14.4 Å². The van der Waals surface area contributed by atoms with Gasteiger partial charge in [-0.25, -0.2) is 4.79 Å². The number of ketones is 1. The zero-order valence-corrected chi connectivity index (χ0v) is 12.6. The fraction of sp³-hybridized carbons (Fsp3) is 0.529. The molecule has 116 valence electrons. The minimum Gasteiger partial charge on any atom is -0.505 e. The van der Waals surface area contributed by atoms with E-state index in [9.17, 15) is 14.7 Å². The van der Waals surface area contributed by atoms with Crippen molar-refractivity contribution < 1.29 is 19.4 Å². The number of fused-ring (bicyclic) bond motifs is 2. The molecule has 4 rings (SSSR count). The van der Waals surface area contributed by atoms with Gasteiger partial charge in [0, 0.05) is 6.20 Å². The van der Waals surface area contributed by atoms with Crippen LogP contribution in [0.1, 0.15) is 55.7 Å². The zero-order chi connectivity index (χ0) is 15.5. The maximum absolute atomic E-state index is 13.0. The van der Waals surface area contributed by atoms with Crippen molar-refractivity contribution in [1.82, 2.24) is 4.57 Å². The standard InChI is InChI=1S/C17H19NO4/c1-22-16(21)13-14(19)12-8-11(10-4-5-10)9-18(12)17(15(13)20)6-2-3-7-17/h8-10,19H,2-7H2,1H3. The SMILES string of the molecule is COC(=O)C1=C(O)c2cc(C3CC3)cn2C2(CCCC2)C1=O. The van der Waals surface area contributed by atoms with Gasteiger partial charge in [-0.05, 0) is 43.2 Å². The number of nitrogens with zero attached hydrogens (tertiary/aromatic N) is 1. The molecule has 0 radical (unpaired) electrons. The molecule has 3 aliphatic rings. The summed E-state index contributed by atoms with van der Waals surface area (Å²) in [6.07, 6.45) is 7.66. The van der Waals surface area contributed by atoms with Crippen molar-refractivity contribution in [3.63, 3.8) is 0 Å². The van der Waals surface area contributed by atoms with Gasteiger partial charge in [0.2, 0.25) is 0 Å². The van der Waals surface area contributed by atoms with E-state index in [0.29, 0.717) is 24.5 Å². The first kappa shape index (κ1) is 13.6. The molecule has 0 aromatic carbocycles. The lowest BCUT2D eigenvalue weighted by Crippen LogP contribution is -2.45. The van der Waals surface area contributed by atoms with E-state index in [2.05, 4.69) is 0 Å². The van der Waals surface area contributed by atoms with Crippen LogP contribution >= 0.6 is 0 Å². The first-order valence-corrected chi connectivity index (χ1v) is 7.88. The molecule has 2 fully saturated rings. The summed E-state index contributed by atoms with van der Waals surface area (Å²) in [6, 6.07) is 1.93. The van der Waals surface area contributed by atoms with Crippen LogP contribution in [-0.2, 0) is 19.9 Å². The van der Waals surface area contributed by atoms with Gasteiger partial charge >= 0.3 is 5.97 Å². The molecule has 0 unspecified atom stereocenters. The van der Waals surface area contributed by atoms with Crippen LogP contribution in [-0.4, -0.2) is 28.5 Å². The average molecular weight is 301 g/mol. The van der Waals surface area contributed by atoms with Crippen molar-refractivity contribution in [2.75, 3.05) is 7.11 Å². The number of esters is 1. The van der Waals surface area contributed by atoms with Gasteiger partial charge in [0.1, 0.15) is 11.1 Å². The van der Waals surface area contributed by atoms with E-state index >= 15 is 0 Å². The summed E-state index contributed by atoms with van der Waals surface area (Å²) >= 11 is 0. The highest BCUT2D eigenvalue weighted by molar-refractivity contribution is 6.25. The molecule has 2 heterocycles. The number of rotatable bonds is 2. The molecule has 0 saturated heterocycles. The van der Waals surface area contributed by atoms with Crippen LogP contribution in [0.3, 0.4) is 0 Å². The number of hydrogen-bond donors (Lipinski definition) is 1. The highest BCUT2D eigenvalue weighted by Crippen LogP contribution is 2.48. The third-order valence-corrected chi connectivity index (χ3v) is 5.30. The molecular weight excluding hydrogens is 282 g/mol. The molecule has 0 atom stereocenters. The summed E-state index contributed by atoms with van der Waals surface area (Å²) in [7, 11) is 1.24. The molecule has 1 N–H and O–H groups in total. The second-order valence-corrected chi connectivity index (χ2v) is 6.59. The second kappa shape index (κ2) is 4.48. The monoisotopic (exact) mass is 301 g/mol. The summed E-state index contributed by atoms with van der Waals surface area (Å²) in [5.41, 5.74) is 0.853. The Morgan fingerprint density at radius 1 is 1.36 bits per heavy atom. The van der Waals surface area contributed by atoms with E-state index in [1.165, 1.54) is 7.11 Å². The van der Waals surface area contributed by atoms with E-state index in [0.717, 1.165) is 31.2 Å². The number of methoxy groups -OCH3 is 1. The van der Waals surface area contributed by atoms with Crippen LogP contribution in [0.25, 0.3) is 5.76 Å². The number of ether oxygens (including phenoxy) is 1. The lowest BCUT2D eigenvalue weighted by Gasteiger charge is -2.35. The van der Waals surface area contributed by atoms with Crippen LogP contribution in [0.5, 0.6) is 0 Å². The van der Waals surface area contributed by atoms with Gasteiger partial charge in [-0.15, -0.1) is 0 Å². The predicted molar refractivity (Wildman–Crippen MR) is 79.4 cm³/mol. The Hall–Kier alpha value is -2.04. The van der Waals surface area contributed by atoms with Crippen LogP contribution in [0.2, 0.25) is 0 Å². The lowest BCUT2D eigenvalue weighted by molar-refractivity contribution is -0.139. The molecule has 5 nitrogen and oxygen atoms in total. The van der Waals surface area contributed by atoms with Gasteiger partial charge in [-0.1, -0.05) is 12.8 Å². The smallest absolute Gasteiger partial charge is 0.345 e. The van der Waals surface area contributed by atoms with Crippen molar-refractivity contribution >= 4 is 17.5 Å². The van der Waals surface area contributed by atoms with E-state index in [1.807, 2.05) is 16.8 Å². The van der Waals surface area contributed by atoms with Crippen molar-refractivity contribution in [3.8, 4) is 0 Å². The molecule has 5 heteroatoms. The Morgan fingerprint density at radius 3 is 2.64 bits per heavy atom. The van der Waals surface area contributed by atoms with Gasteiger partial charge in [0.15, 0.2) is 11.5 Å². The first-order chi connectivity index (χ1) is 10.6. The molecule has 2 saturated carbocycles. The molecule has 0 bridgehead atoms. The largest absolute Gasteiger partial charge is 0.505 e. The van der Waals surface area contributed by atoms with Gasteiger partial charge in [-0.2, -0.15) is 0 Å². The lowest BCUT2D eigenvalue weighted by atomic mass is 9.83. The predicted octanol–water partition coefficient (Wildman–Crippen LogP) is 2.66. The minimum absolute atomic E-state index is 0.183. The number of carbonyl (C=O) groups excluding carboxylic acids is 2. The molecule has 22 heavy (non-hydrogen) atoms. The first-order valence-electron chi connectivity index (χ1n) is 7.88. The quantitative estimate of drug-likeness (QED) is 0.673. The second-order valence-electron chi connectivity index (χ2n) is 6.59. The molecule has 1 aliphatic heterocycles. The third kappa shape index (κ3) is 1.65. The fourth-order valence-corrected chi connectivity index (χ4v) is 3.96. The highest BCUT2D eigenvalue weighted by Gasteiger charge is 2.51. The molecule has 0 amide bonds. The van der Waals surface area contributed by atoms with Crippen LogP contribution < -0.4 is 0 Å². The molecule has 1 aromatic rings. The Morgan fingerprint density at radius 2 is 2.05 bits per heavy atom. The van der Waals surface area contributed by atoms with Gasteiger partial charge in [0.25, 0.3) is 0 Å². The number of hydrogen-bond acceptors (Lipinski definition) is 4. The van der Waals surface area contributed by atoms with Gasteiger partial charge in [0.05, 0.1) is 12.8 Å². The Labute approximate surface area is 128 Å². The summed E-state index contributed by atoms with van der Waals surface area (Å²) < 4.78 is 6.66. The topological polar surface area (TPSA) is 68.5 Å². The maximum Gasteiger partial charge on any atom is 0.345 e. The number of carbonyl (C=O) groups is 2. The Kier molecular flexibility index (Phi) is 2.77. The van der Waals surface area contributed by atoms with Crippen LogP contribution in [0.4, 0.5) is 0 Å². The highest BCUT2D eigenvalue weighted by atomic mass is 16.5. The summed E-state index contributed by atoms with van der Waals surface area (Å²) in [5, 5.41) is 10.5. The van der Waals surface area contributed by atoms with Crippen molar-refractivity contribution in [3.05, 3.63) is 29.1 Å². The van der Waals surface area contributed by atoms with E-state index in [1.54, 1.807) is 0 Å². The van der Waals surface area contributed by atoms with E-state index in [4.69, 9.17) is 4.74 Å². The fourth-order valence-electron chi connectivity index (χ4n) is 3.96.